The van der Waals surface area contributed by atoms with Crippen LogP contribution in [-0.2, 0) is 4.79 Å². The molecule has 0 aliphatic heterocycles. The Balaban J connectivity index is 3.23. The van der Waals surface area contributed by atoms with Gasteiger partial charge in [0.15, 0.2) is 5.78 Å². The molecule has 1 heteroatoms. The summed E-state index contributed by atoms with van der Waals surface area (Å²) in [5, 5.41) is 0. The molecule has 0 aromatic rings. The second-order valence-electron chi connectivity index (χ2n) is 4.18. The Kier molecular flexibility index (Phi) is 11.0. The molecule has 0 spiro atoms. The molecule has 1 nitrogen and oxygen atoms in total. The van der Waals surface area contributed by atoms with Crippen LogP contribution in [0, 0.1) is 0 Å². The highest BCUT2D eigenvalue weighted by molar-refractivity contribution is 5.89. The number of carbonyl (C=O) groups is 1. The van der Waals surface area contributed by atoms with Gasteiger partial charge in [-0.25, -0.2) is 0 Å². The fraction of sp³-hybridized carbons (Fsp3) is 0.786. The zero-order valence-corrected chi connectivity index (χ0v) is 10.4. The lowest BCUT2D eigenvalue weighted by Crippen LogP contribution is -1.92. The average Bonchev–Trinajstić information content (AvgIpc) is 2.23. The van der Waals surface area contributed by atoms with Crippen LogP contribution in [0.2, 0.25) is 0 Å². The van der Waals surface area contributed by atoms with E-state index in [1.807, 2.05) is 6.08 Å². The quantitative estimate of drug-likeness (QED) is 0.378. The van der Waals surface area contributed by atoms with E-state index < -0.39 is 0 Å². The predicted molar refractivity (Wildman–Crippen MR) is 67.0 cm³/mol. The molecule has 0 amide bonds. The third-order valence-corrected chi connectivity index (χ3v) is 2.54. The molecular weight excluding hydrogens is 184 g/mol. The summed E-state index contributed by atoms with van der Waals surface area (Å²) in [5.41, 5.74) is 0. The first-order chi connectivity index (χ1) is 7.31. The number of hydrogen-bond donors (Lipinski definition) is 0. The van der Waals surface area contributed by atoms with Crippen molar-refractivity contribution in [3.8, 4) is 0 Å². The second-order valence-corrected chi connectivity index (χ2v) is 4.18. The fourth-order valence-corrected chi connectivity index (χ4v) is 1.54. The van der Waals surface area contributed by atoms with Crippen LogP contribution in [0.25, 0.3) is 0 Å². The van der Waals surface area contributed by atoms with Crippen LogP contribution in [0.1, 0.15) is 71.6 Å². The molecule has 0 saturated heterocycles. The van der Waals surface area contributed by atoms with E-state index in [1.54, 1.807) is 6.08 Å². The average molecular weight is 210 g/mol. The minimum Gasteiger partial charge on any atom is -0.295 e. The second kappa shape index (κ2) is 11.5. The molecule has 0 heterocycles. The minimum absolute atomic E-state index is 0.305. The van der Waals surface area contributed by atoms with E-state index in [0.717, 1.165) is 25.7 Å². The number of hydrogen-bond acceptors (Lipinski definition) is 1. The Morgan fingerprint density at radius 1 is 0.933 bits per heavy atom. The van der Waals surface area contributed by atoms with Crippen LogP contribution >= 0.6 is 0 Å². The molecule has 0 aromatic heterocycles. The van der Waals surface area contributed by atoms with Crippen LogP contribution < -0.4 is 0 Å². The first-order valence-electron chi connectivity index (χ1n) is 6.50. The minimum atomic E-state index is 0.305. The summed E-state index contributed by atoms with van der Waals surface area (Å²) in [6.45, 7) is 4.35. The third kappa shape index (κ3) is 11.3. The van der Waals surface area contributed by atoms with Crippen LogP contribution in [0.15, 0.2) is 12.2 Å². The summed E-state index contributed by atoms with van der Waals surface area (Å²) in [6.07, 6.45) is 14.2. The summed E-state index contributed by atoms with van der Waals surface area (Å²) in [7, 11) is 0. The van der Waals surface area contributed by atoms with Crippen molar-refractivity contribution in [1.29, 1.82) is 0 Å². The van der Waals surface area contributed by atoms with Crippen molar-refractivity contribution >= 4 is 5.78 Å². The van der Waals surface area contributed by atoms with Gasteiger partial charge in [-0.2, -0.15) is 0 Å². The van der Waals surface area contributed by atoms with E-state index in [0.29, 0.717) is 5.78 Å². The number of ketones is 1. The Morgan fingerprint density at radius 2 is 1.60 bits per heavy atom. The molecule has 0 aliphatic rings. The van der Waals surface area contributed by atoms with E-state index in [9.17, 15) is 4.79 Å². The van der Waals surface area contributed by atoms with Crippen molar-refractivity contribution in [3.05, 3.63) is 12.2 Å². The monoisotopic (exact) mass is 210 g/mol. The standard InChI is InChI=1S/C14H26O/c1-3-5-7-8-9-11-13-14(15)12-10-6-4-2/h10,12H,3-9,11,13H2,1-2H3/b12-10+. The summed E-state index contributed by atoms with van der Waals surface area (Å²) in [5.74, 6) is 0.305. The van der Waals surface area contributed by atoms with Crippen molar-refractivity contribution in [1.82, 2.24) is 0 Å². The molecule has 0 atom stereocenters. The third-order valence-electron chi connectivity index (χ3n) is 2.54. The molecule has 15 heavy (non-hydrogen) atoms. The zero-order valence-electron chi connectivity index (χ0n) is 10.4. The first kappa shape index (κ1) is 14.4. The lowest BCUT2D eigenvalue weighted by atomic mass is 10.1. The molecule has 0 radical (unpaired) electrons. The van der Waals surface area contributed by atoms with Crippen LogP contribution in [0.4, 0.5) is 0 Å². The fourth-order valence-electron chi connectivity index (χ4n) is 1.54. The van der Waals surface area contributed by atoms with Crippen molar-refractivity contribution in [2.24, 2.45) is 0 Å². The highest BCUT2D eigenvalue weighted by Gasteiger charge is 1.96. The van der Waals surface area contributed by atoms with E-state index in [1.165, 1.54) is 32.1 Å². The SMILES string of the molecule is CCC/C=C/C(=O)CCCCCCCC. The van der Waals surface area contributed by atoms with Crippen LogP contribution in [0.5, 0.6) is 0 Å². The molecule has 0 fully saturated rings. The zero-order chi connectivity index (χ0) is 11.4. The first-order valence-corrected chi connectivity index (χ1v) is 6.50. The van der Waals surface area contributed by atoms with Gasteiger partial charge in [-0.3, -0.25) is 4.79 Å². The van der Waals surface area contributed by atoms with Gasteiger partial charge in [0.1, 0.15) is 0 Å². The summed E-state index contributed by atoms with van der Waals surface area (Å²) < 4.78 is 0. The molecule has 88 valence electrons. The van der Waals surface area contributed by atoms with Crippen LogP contribution in [0.3, 0.4) is 0 Å². The van der Waals surface area contributed by atoms with E-state index in [-0.39, 0.29) is 0 Å². The molecule has 0 N–H and O–H groups in total. The maximum Gasteiger partial charge on any atom is 0.155 e. The highest BCUT2D eigenvalue weighted by Crippen LogP contribution is 2.07. The number of allylic oxidation sites excluding steroid dienone is 2. The predicted octanol–water partition coefficient (Wildman–Crippen LogP) is 4.66. The van der Waals surface area contributed by atoms with Crippen molar-refractivity contribution < 1.29 is 4.79 Å². The molecule has 0 unspecified atom stereocenters. The van der Waals surface area contributed by atoms with Crippen molar-refractivity contribution in [2.75, 3.05) is 0 Å². The van der Waals surface area contributed by atoms with Gasteiger partial charge in [0, 0.05) is 6.42 Å². The largest absolute Gasteiger partial charge is 0.295 e. The van der Waals surface area contributed by atoms with Crippen LogP contribution in [-0.4, -0.2) is 5.78 Å². The summed E-state index contributed by atoms with van der Waals surface area (Å²) in [6, 6.07) is 0. The number of rotatable bonds is 10. The van der Waals surface area contributed by atoms with Gasteiger partial charge < -0.3 is 0 Å². The molecule has 0 aromatic carbocycles. The van der Waals surface area contributed by atoms with Gasteiger partial charge in [0.05, 0.1) is 0 Å². The lowest BCUT2D eigenvalue weighted by Gasteiger charge is -1.98. The molecular formula is C14H26O. The van der Waals surface area contributed by atoms with Gasteiger partial charge in [-0.05, 0) is 18.9 Å². The van der Waals surface area contributed by atoms with E-state index in [2.05, 4.69) is 13.8 Å². The Morgan fingerprint density at radius 3 is 2.27 bits per heavy atom. The van der Waals surface area contributed by atoms with E-state index >= 15 is 0 Å². The van der Waals surface area contributed by atoms with Gasteiger partial charge in [0.2, 0.25) is 0 Å². The molecule has 0 aliphatic carbocycles. The van der Waals surface area contributed by atoms with Gasteiger partial charge in [-0.15, -0.1) is 0 Å². The highest BCUT2D eigenvalue weighted by atomic mass is 16.1. The Labute approximate surface area is 95.0 Å². The Hall–Kier alpha value is -0.590. The van der Waals surface area contributed by atoms with Gasteiger partial charge in [0.25, 0.3) is 0 Å². The smallest absolute Gasteiger partial charge is 0.155 e. The maximum atomic E-state index is 11.3. The Bertz CT molecular complexity index is 170. The van der Waals surface area contributed by atoms with Crippen molar-refractivity contribution in [2.45, 2.75) is 71.6 Å². The number of carbonyl (C=O) groups excluding carboxylic acids is 1. The lowest BCUT2D eigenvalue weighted by molar-refractivity contribution is -0.114. The summed E-state index contributed by atoms with van der Waals surface area (Å²) >= 11 is 0. The normalized spacial score (nSPS) is 11.1. The van der Waals surface area contributed by atoms with Gasteiger partial charge in [-0.1, -0.05) is 58.4 Å². The maximum absolute atomic E-state index is 11.3. The topological polar surface area (TPSA) is 17.1 Å². The molecule has 0 rings (SSSR count). The molecule has 0 saturated carbocycles. The van der Waals surface area contributed by atoms with E-state index in [4.69, 9.17) is 0 Å². The van der Waals surface area contributed by atoms with Gasteiger partial charge >= 0.3 is 0 Å². The van der Waals surface area contributed by atoms with Crippen molar-refractivity contribution in [3.63, 3.8) is 0 Å². The number of unbranched alkanes of at least 4 members (excludes halogenated alkanes) is 6. The molecule has 0 bridgehead atoms. The summed E-state index contributed by atoms with van der Waals surface area (Å²) in [4.78, 5) is 11.3.